The molecule has 0 spiro atoms. The van der Waals surface area contributed by atoms with Crippen LogP contribution in [0.2, 0.25) is 0 Å². The van der Waals surface area contributed by atoms with Crippen molar-refractivity contribution >= 4 is 5.91 Å². The highest BCUT2D eigenvalue weighted by Crippen LogP contribution is 2.20. The molecule has 19 heavy (non-hydrogen) atoms. The van der Waals surface area contributed by atoms with Crippen LogP contribution in [0.3, 0.4) is 0 Å². The first-order valence-corrected chi connectivity index (χ1v) is 7.12. The van der Waals surface area contributed by atoms with E-state index >= 15 is 0 Å². The molecule has 1 fully saturated rings. The van der Waals surface area contributed by atoms with Gasteiger partial charge in [0.2, 0.25) is 5.91 Å². The summed E-state index contributed by atoms with van der Waals surface area (Å²) in [6, 6.07) is -0.148. The average Bonchev–Trinajstić information content (AvgIpc) is 3.02. The zero-order valence-corrected chi connectivity index (χ0v) is 11.5. The molecule has 1 amide bonds. The van der Waals surface area contributed by atoms with Crippen molar-refractivity contribution in [1.82, 2.24) is 25.4 Å². The molecular weight excluding hydrogens is 242 g/mol. The highest BCUT2D eigenvalue weighted by atomic mass is 16.2. The third-order valence-corrected chi connectivity index (χ3v) is 4.20. The van der Waals surface area contributed by atoms with Gasteiger partial charge < -0.3 is 15.2 Å². The van der Waals surface area contributed by atoms with E-state index in [9.17, 15) is 4.79 Å². The Labute approximate surface area is 113 Å². The van der Waals surface area contributed by atoms with Crippen LogP contribution in [0.4, 0.5) is 0 Å². The lowest BCUT2D eigenvalue weighted by molar-refractivity contribution is -0.124. The topological polar surface area (TPSA) is 71.8 Å². The van der Waals surface area contributed by atoms with E-state index in [1.165, 1.54) is 0 Å². The number of amides is 1. The largest absolute Gasteiger partial charge is 0.345 e. The molecular formula is C13H21N5O. The van der Waals surface area contributed by atoms with Gasteiger partial charge in [0.1, 0.15) is 5.82 Å². The average molecular weight is 263 g/mol. The number of carbonyl (C=O) groups is 1. The van der Waals surface area contributed by atoms with E-state index in [-0.39, 0.29) is 18.0 Å². The smallest absolute Gasteiger partial charge is 0.237 e. The maximum atomic E-state index is 12.2. The third kappa shape index (κ3) is 2.25. The van der Waals surface area contributed by atoms with Gasteiger partial charge in [-0.2, -0.15) is 0 Å². The highest BCUT2D eigenvalue weighted by molar-refractivity contribution is 5.82. The summed E-state index contributed by atoms with van der Waals surface area (Å²) in [5.41, 5.74) is 0. The van der Waals surface area contributed by atoms with Crippen molar-refractivity contribution in [3.63, 3.8) is 0 Å². The number of aromatic nitrogens is 3. The Kier molecular flexibility index (Phi) is 3.26. The molecule has 1 aromatic heterocycles. The minimum atomic E-state index is -0.0820. The van der Waals surface area contributed by atoms with Gasteiger partial charge in [-0.1, -0.05) is 6.92 Å². The fraction of sp³-hybridized carbons (Fsp3) is 0.769. The van der Waals surface area contributed by atoms with E-state index in [1.54, 1.807) is 0 Å². The predicted molar refractivity (Wildman–Crippen MR) is 70.5 cm³/mol. The summed E-state index contributed by atoms with van der Waals surface area (Å²) in [6.07, 6.45) is 3.18. The summed E-state index contributed by atoms with van der Waals surface area (Å²) < 4.78 is 2.14. The molecule has 0 saturated carbocycles. The molecule has 6 heteroatoms. The van der Waals surface area contributed by atoms with Crippen LogP contribution in [0.5, 0.6) is 0 Å². The zero-order chi connectivity index (χ0) is 13.4. The molecule has 0 aromatic carbocycles. The summed E-state index contributed by atoms with van der Waals surface area (Å²) in [4.78, 5) is 12.2. The lowest BCUT2D eigenvalue weighted by Crippen LogP contribution is -2.44. The van der Waals surface area contributed by atoms with E-state index in [1.807, 2.05) is 6.92 Å². The number of hydrogen-bond acceptors (Lipinski definition) is 4. The molecule has 2 aliphatic rings. The number of nitrogens with zero attached hydrogens (tertiary/aromatic N) is 3. The summed E-state index contributed by atoms with van der Waals surface area (Å²) in [5.74, 6) is 2.40. The standard InChI is InChI=1S/C13H21N5O/c1-8-5-6-14-11(8)13(19)15-9(2)12-17-16-10-4-3-7-18(10)12/h8-9,11,14H,3-7H2,1-2H3,(H,15,19). The van der Waals surface area contributed by atoms with E-state index in [0.717, 1.165) is 44.0 Å². The molecule has 2 aliphatic heterocycles. The van der Waals surface area contributed by atoms with Crippen LogP contribution in [0.15, 0.2) is 0 Å². The normalized spacial score (nSPS) is 27.3. The second-order valence-electron chi connectivity index (χ2n) is 5.66. The van der Waals surface area contributed by atoms with Crippen LogP contribution < -0.4 is 10.6 Å². The maximum absolute atomic E-state index is 12.2. The Morgan fingerprint density at radius 2 is 2.37 bits per heavy atom. The van der Waals surface area contributed by atoms with Crippen molar-refractivity contribution in [3.05, 3.63) is 11.6 Å². The van der Waals surface area contributed by atoms with Gasteiger partial charge in [-0.3, -0.25) is 4.79 Å². The first-order valence-electron chi connectivity index (χ1n) is 7.12. The van der Waals surface area contributed by atoms with Gasteiger partial charge in [0.25, 0.3) is 0 Å². The number of carbonyl (C=O) groups excluding carboxylic acids is 1. The van der Waals surface area contributed by atoms with E-state index in [2.05, 4.69) is 32.3 Å². The molecule has 104 valence electrons. The monoisotopic (exact) mass is 263 g/mol. The summed E-state index contributed by atoms with van der Waals surface area (Å²) in [6.45, 7) is 5.99. The van der Waals surface area contributed by atoms with Crippen LogP contribution in [-0.4, -0.2) is 33.3 Å². The summed E-state index contributed by atoms with van der Waals surface area (Å²) in [7, 11) is 0. The fourth-order valence-corrected chi connectivity index (χ4v) is 3.05. The van der Waals surface area contributed by atoms with Crippen molar-refractivity contribution in [2.24, 2.45) is 5.92 Å². The van der Waals surface area contributed by atoms with Gasteiger partial charge in [0.15, 0.2) is 5.82 Å². The first kappa shape index (κ1) is 12.6. The van der Waals surface area contributed by atoms with Gasteiger partial charge >= 0.3 is 0 Å². The molecule has 1 aromatic rings. The zero-order valence-electron chi connectivity index (χ0n) is 11.5. The molecule has 6 nitrogen and oxygen atoms in total. The Bertz CT molecular complexity index is 483. The molecule has 2 N–H and O–H groups in total. The van der Waals surface area contributed by atoms with Gasteiger partial charge in [-0.05, 0) is 32.2 Å². The number of rotatable bonds is 3. The third-order valence-electron chi connectivity index (χ3n) is 4.20. The van der Waals surface area contributed by atoms with Crippen molar-refractivity contribution in [2.75, 3.05) is 6.54 Å². The van der Waals surface area contributed by atoms with Crippen LogP contribution in [0.25, 0.3) is 0 Å². The first-order chi connectivity index (χ1) is 9.16. The number of aryl methyl sites for hydroxylation is 1. The van der Waals surface area contributed by atoms with Gasteiger partial charge in [0, 0.05) is 13.0 Å². The number of fused-ring (bicyclic) bond motifs is 1. The van der Waals surface area contributed by atoms with Gasteiger partial charge in [0.05, 0.1) is 12.1 Å². The molecule has 3 heterocycles. The summed E-state index contributed by atoms with van der Waals surface area (Å²) >= 11 is 0. The van der Waals surface area contributed by atoms with Gasteiger partial charge in [-0.25, -0.2) is 0 Å². The van der Waals surface area contributed by atoms with Crippen LogP contribution in [-0.2, 0) is 17.8 Å². The summed E-state index contributed by atoms with van der Waals surface area (Å²) in [5, 5.41) is 14.7. The molecule has 3 rings (SSSR count). The SMILES string of the molecule is CC(NC(=O)C1NCCC1C)c1nnc2n1CCC2. The quantitative estimate of drug-likeness (QED) is 0.828. The molecule has 0 aliphatic carbocycles. The molecule has 3 unspecified atom stereocenters. The molecule has 1 saturated heterocycles. The fourth-order valence-electron chi connectivity index (χ4n) is 3.05. The van der Waals surface area contributed by atoms with Crippen molar-refractivity contribution in [1.29, 1.82) is 0 Å². The lowest BCUT2D eigenvalue weighted by atomic mass is 10.0. The van der Waals surface area contributed by atoms with Crippen LogP contribution in [0.1, 0.15) is 44.4 Å². The Balaban J connectivity index is 1.67. The minimum Gasteiger partial charge on any atom is -0.345 e. The van der Waals surface area contributed by atoms with E-state index in [0.29, 0.717) is 5.92 Å². The maximum Gasteiger partial charge on any atom is 0.237 e. The van der Waals surface area contributed by atoms with Gasteiger partial charge in [-0.15, -0.1) is 10.2 Å². The minimum absolute atomic E-state index is 0.0663. The van der Waals surface area contributed by atoms with Crippen molar-refractivity contribution in [2.45, 2.75) is 51.7 Å². The molecule has 3 atom stereocenters. The number of nitrogens with one attached hydrogen (secondary N) is 2. The Hall–Kier alpha value is -1.43. The Morgan fingerprint density at radius 1 is 1.53 bits per heavy atom. The molecule has 0 bridgehead atoms. The van der Waals surface area contributed by atoms with Crippen LogP contribution in [0, 0.1) is 5.92 Å². The second-order valence-corrected chi connectivity index (χ2v) is 5.66. The van der Waals surface area contributed by atoms with Crippen molar-refractivity contribution < 1.29 is 4.79 Å². The van der Waals surface area contributed by atoms with Crippen LogP contribution >= 0.6 is 0 Å². The van der Waals surface area contributed by atoms with Crippen molar-refractivity contribution in [3.8, 4) is 0 Å². The Morgan fingerprint density at radius 3 is 3.11 bits per heavy atom. The predicted octanol–water partition coefficient (Wildman–Crippen LogP) is 0.399. The van der Waals surface area contributed by atoms with E-state index < -0.39 is 0 Å². The molecule has 0 radical (unpaired) electrons. The van der Waals surface area contributed by atoms with E-state index in [4.69, 9.17) is 0 Å². The number of hydrogen-bond donors (Lipinski definition) is 2. The second kappa shape index (κ2) is 4.92. The highest BCUT2D eigenvalue weighted by Gasteiger charge is 2.31. The lowest BCUT2D eigenvalue weighted by Gasteiger charge is -2.19.